The molecule has 94 valence electrons. The first-order chi connectivity index (χ1) is 8.29. The number of likely N-dealkylation sites (N-methyl/N-ethyl adjacent to an activating group) is 1. The molecule has 0 radical (unpaired) electrons. The highest BCUT2D eigenvalue weighted by Crippen LogP contribution is 2.17. The van der Waals surface area contributed by atoms with E-state index in [-0.39, 0.29) is 0 Å². The summed E-state index contributed by atoms with van der Waals surface area (Å²) in [7, 11) is 2.20. The van der Waals surface area contributed by atoms with Crippen LogP contribution in [0.5, 0.6) is 0 Å². The summed E-state index contributed by atoms with van der Waals surface area (Å²) in [6.45, 7) is 5.40. The molecular formula is C14H23N3. The van der Waals surface area contributed by atoms with Crippen molar-refractivity contribution in [2.75, 3.05) is 44.7 Å². The van der Waals surface area contributed by atoms with Crippen LogP contribution in [0.1, 0.15) is 12.0 Å². The van der Waals surface area contributed by atoms with Crippen LogP contribution in [-0.4, -0.2) is 44.7 Å². The maximum absolute atomic E-state index is 5.56. The van der Waals surface area contributed by atoms with E-state index in [1.165, 1.54) is 30.8 Å². The molecule has 1 aromatic carbocycles. The van der Waals surface area contributed by atoms with Gasteiger partial charge in [-0.1, -0.05) is 12.1 Å². The minimum absolute atomic E-state index is 0.730. The lowest BCUT2D eigenvalue weighted by molar-refractivity contribution is 0.360. The highest BCUT2D eigenvalue weighted by molar-refractivity contribution is 5.47. The zero-order valence-corrected chi connectivity index (χ0v) is 10.7. The molecule has 1 aliphatic heterocycles. The second kappa shape index (κ2) is 6.03. The monoisotopic (exact) mass is 233 g/mol. The lowest BCUT2D eigenvalue weighted by atomic mass is 10.1. The molecule has 1 aromatic rings. The molecule has 0 aliphatic carbocycles. The van der Waals surface area contributed by atoms with E-state index in [1.54, 1.807) is 0 Å². The molecule has 17 heavy (non-hydrogen) atoms. The van der Waals surface area contributed by atoms with Crippen molar-refractivity contribution in [2.24, 2.45) is 5.73 Å². The zero-order chi connectivity index (χ0) is 12.1. The summed E-state index contributed by atoms with van der Waals surface area (Å²) in [5.41, 5.74) is 8.25. The van der Waals surface area contributed by atoms with Crippen molar-refractivity contribution in [2.45, 2.75) is 12.8 Å². The Labute approximate surface area is 104 Å². The molecular weight excluding hydrogens is 210 g/mol. The first-order valence-electron chi connectivity index (χ1n) is 6.52. The molecule has 0 spiro atoms. The Kier molecular flexibility index (Phi) is 4.40. The van der Waals surface area contributed by atoms with Gasteiger partial charge in [-0.25, -0.2) is 0 Å². The summed E-state index contributed by atoms with van der Waals surface area (Å²) in [5, 5.41) is 0. The molecule has 2 rings (SSSR count). The second-order valence-corrected chi connectivity index (χ2v) is 4.85. The van der Waals surface area contributed by atoms with Gasteiger partial charge in [0.1, 0.15) is 0 Å². The quantitative estimate of drug-likeness (QED) is 0.855. The van der Waals surface area contributed by atoms with E-state index in [0.29, 0.717) is 0 Å². The Morgan fingerprint density at radius 2 is 1.82 bits per heavy atom. The molecule has 0 aromatic heterocycles. The topological polar surface area (TPSA) is 32.5 Å². The van der Waals surface area contributed by atoms with Gasteiger partial charge in [-0.15, -0.1) is 0 Å². The van der Waals surface area contributed by atoms with Gasteiger partial charge in [-0.05, 0) is 50.7 Å². The number of benzene rings is 1. The summed E-state index contributed by atoms with van der Waals surface area (Å²) in [6, 6.07) is 8.88. The predicted octanol–water partition coefficient (Wildman–Crippen LogP) is 1.33. The molecule has 1 fully saturated rings. The maximum atomic E-state index is 5.56. The van der Waals surface area contributed by atoms with Gasteiger partial charge in [0.2, 0.25) is 0 Å². The van der Waals surface area contributed by atoms with Crippen molar-refractivity contribution in [3.05, 3.63) is 29.8 Å². The first kappa shape index (κ1) is 12.4. The lowest BCUT2D eigenvalue weighted by Crippen LogP contribution is -2.28. The van der Waals surface area contributed by atoms with Crippen LogP contribution in [0.25, 0.3) is 0 Å². The third-order valence-electron chi connectivity index (χ3n) is 3.45. The fourth-order valence-corrected chi connectivity index (χ4v) is 2.34. The Morgan fingerprint density at radius 1 is 1.06 bits per heavy atom. The van der Waals surface area contributed by atoms with Gasteiger partial charge in [0, 0.05) is 25.3 Å². The highest BCUT2D eigenvalue weighted by Gasteiger charge is 2.12. The number of hydrogen-bond donors (Lipinski definition) is 1. The largest absolute Gasteiger partial charge is 0.370 e. The number of hydrogen-bond acceptors (Lipinski definition) is 3. The molecule has 1 saturated heterocycles. The average molecular weight is 233 g/mol. The molecule has 3 heteroatoms. The molecule has 1 aliphatic rings. The van der Waals surface area contributed by atoms with Gasteiger partial charge >= 0.3 is 0 Å². The summed E-state index contributed by atoms with van der Waals surface area (Å²) in [6.07, 6.45) is 2.23. The van der Waals surface area contributed by atoms with Gasteiger partial charge in [0.25, 0.3) is 0 Å². The van der Waals surface area contributed by atoms with Gasteiger partial charge in [0.15, 0.2) is 0 Å². The summed E-state index contributed by atoms with van der Waals surface area (Å²) >= 11 is 0. The van der Waals surface area contributed by atoms with Crippen molar-refractivity contribution in [1.82, 2.24) is 4.90 Å². The number of nitrogens with two attached hydrogens (primary N) is 1. The number of rotatable bonds is 3. The Hall–Kier alpha value is -1.06. The van der Waals surface area contributed by atoms with Crippen molar-refractivity contribution >= 4 is 5.69 Å². The second-order valence-electron chi connectivity index (χ2n) is 4.85. The minimum Gasteiger partial charge on any atom is -0.370 e. The van der Waals surface area contributed by atoms with E-state index in [2.05, 4.69) is 41.1 Å². The fourth-order valence-electron chi connectivity index (χ4n) is 2.34. The van der Waals surface area contributed by atoms with E-state index in [1.807, 2.05) is 0 Å². The average Bonchev–Trinajstić information content (AvgIpc) is 2.56. The molecule has 0 atom stereocenters. The van der Waals surface area contributed by atoms with Crippen LogP contribution in [0.3, 0.4) is 0 Å². The van der Waals surface area contributed by atoms with Crippen LogP contribution in [0.4, 0.5) is 5.69 Å². The first-order valence-corrected chi connectivity index (χ1v) is 6.52. The van der Waals surface area contributed by atoms with Crippen molar-refractivity contribution in [3.8, 4) is 0 Å². The van der Waals surface area contributed by atoms with Crippen molar-refractivity contribution < 1.29 is 0 Å². The summed E-state index contributed by atoms with van der Waals surface area (Å²) < 4.78 is 0. The Bertz CT molecular complexity index is 334. The standard InChI is InChI=1S/C14H23N3/c1-16-9-2-10-17(12-11-16)14-5-3-13(4-6-14)7-8-15/h3-6H,2,7-12,15H2,1H3. The Balaban J connectivity index is 2.00. The molecule has 0 amide bonds. The summed E-state index contributed by atoms with van der Waals surface area (Å²) in [4.78, 5) is 4.89. The minimum atomic E-state index is 0.730. The van der Waals surface area contributed by atoms with E-state index >= 15 is 0 Å². The molecule has 1 heterocycles. The number of anilines is 1. The molecule has 0 bridgehead atoms. The van der Waals surface area contributed by atoms with Crippen molar-refractivity contribution in [1.29, 1.82) is 0 Å². The van der Waals surface area contributed by atoms with Gasteiger partial charge in [-0.2, -0.15) is 0 Å². The SMILES string of the molecule is CN1CCCN(c2ccc(CCN)cc2)CC1. The van der Waals surface area contributed by atoms with Gasteiger partial charge in [0.05, 0.1) is 0 Å². The molecule has 3 nitrogen and oxygen atoms in total. The smallest absolute Gasteiger partial charge is 0.0366 e. The molecule has 2 N–H and O–H groups in total. The van der Waals surface area contributed by atoms with Crippen LogP contribution < -0.4 is 10.6 Å². The molecule has 0 unspecified atom stereocenters. The highest BCUT2D eigenvalue weighted by atomic mass is 15.2. The van der Waals surface area contributed by atoms with Crippen LogP contribution in [-0.2, 0) is 6.42 Å². The van der Waals surface area contributed by atoms with Crippen LogP contribution in [0, 0.1) is 0 Å². The molecule has 0 saturated carbocycles. The van der Waals surface area contributed by atoms with Gasteiger partial charge < -0.3 is 15.5 Å². The van der Waals surface area contributed by atoms with Crippen LogP contribution in [0.2, 0.25) is 0 Å². The third kappa shape index (κ3) is 3.45. The van der Waals surface area contributed by atoms with Crippen LogP contribution >= 0.6 is 0 Å². The lowest BCUT2D eigenvalue weighted by Gasteiger charge is -2.23. The van der Waals surface area contributed by atoms with E-state index < -0.39 is 0 Å². The predicted molar refractivity (Wildman–Crippen MR) is 73.5 cm³/mol. The van der Waals surface area contributed by atoms with E-state index in [0.717, 1.165) is 26.1 Å². The van der Waals surface area contributed by atoms with Crippen LogP contribution in [0.15, 0.2) is 24.3 Å². The summed E-state index contributed by atoms with van der Waals surface area (Å²) in [5.74, 6) is 0. The fraction of sp³-hybridized carbons (Fsp3) is 0.571. The number of nitrogens with zero attached hydrogens (tertiary/aromatic N) is 2. The zero-order valence-electron chi connectivity index (χ0n) is 10.7. The van der Waals surface area contributed by atoms with Crippen molar-refractivity contribution in [3.63, 3.8) is 0 Å². The Morgan fingerprint density at radius 3 is 2.53 bits per heavy atom. The van der Waals surface area contributed by atoms with E-state index in [9.17, 15) is 0 Å². The maximum Gasteiger partial charge on any atom is 0.0366 e. The normalized spacial score (nSPS) is 18.1. The third-order valence-corrected chi connectivity index (χ3v) is 3.45. The van der Waals surface area contributed by atoms with Gasteiger partial charge in [-0.3, -0.25) is 0 Å². The van der Waals surface area contributed by atoms with E-state index in [4.69, 9.17) is 5.73 Å².